The molecule has 0 aliphatic carbocycles. The Labute approximate surface area is 145 Å². The Kier molecular flexibility index (Phi) is 4.74. The summed E-state index contributed by atoms with van der Waals surface area (Å²) in [4.78, 5) is 14.2. The number of likely N-dealkylation sites (N-methyl/N-ethyl adjacent to an activating group) is 1. The molecule has 0 atom stereocenters. The fraction of sp³-hybridized carbons (Fsp3) is 0.250. The highest BCUT2D eigenvalue weighted by Gasteiger charge is 2.21. The summed E-state index contributed by atoms with van der Waals surface area (Å²) in [5, 5.41) is 0.618. The average Bonchev–Trinajstić information content (AvgIpc) is 2.92. The Morgan fingerprint density at radius 3 is 2.72 bits per heavy atom. The first-order valence-electron chi connectivity index (χ1n) is 8.10. The van der Waals surface area contributed by atoms with Gasteiger partial charge in [0.15, 0.2) is 5.76 Å². The molecule has 0 saturated heterocycles. The van der Waals surface area contributed by atoms with Crippen molar-refractivity contribution in [2.24, 2.45) is 0 Å². The van der Waals surface area contributed by atoms with E-state index >= 15 is 0 Å². The van der Waals surface area contributed by atoms with Gasteiger partial charge in [-0.2, -0.15) is 0 Å². The number of benzene rings is 2. The van der Waals surface area contributed by atoms with E-state index in [0.717, 1.165) is 11.3 Å². The number of halogens is 1. The fourth-order valence-electron chi connectivity index (χ4n) is 2.68. The lowest BCUT2D eigenvalue weighted by atomic mass is 10.1. The molecule has 0 saturated carbocycles. The molecular formula is C20H20FNO3. The van der Waals surface area contributed by atoms with Gasteiger partial charge in [0.1, 0.15) is 23.8 Å². The zero-order valence-electron chi connectivity index (χ0n) is 14.5. The second-order valence-electron chi connectivity index (χ2n) is 6.04. The van der Waals surface area contributed by atoms with E-state index in [0.29, 0.717) is 29.7 Å². The molecule has 3 rings (SSSR count). The summed E-state index contributed by atoms with van der Waals surface area (Å²) in [7, 11) is 1.69. The van der Waals surface area contributed by atoms with Gasteiger partial charge >= 0.3 is 0 Å². The predicted octanol–water partition coefficient (Wildman–Crippen LogP) is 4.34. The fourth-order valence-corrected chi connectivity index (χ4v) is 2.68. The van der Waals surface area contributed by atoms with Crippen LogP contribution in [-0.4, -0.2) is 31.0 Å². The van der Waals surface area contributed by atoms with Gasteiger partial charge in [0.05, 0.1) is 6.54 Å². The third kappa shape index (κ3) is 3.50. The van der Waals surface area contributed by atoms with Crippen LogP contribution in [0.1, 0.15) is 21.7 Å². The maximum Gasteiger partial charge on any atom is 0.289 e. The summed E-state index contributed by atoms with van der Waals surface area (Å²) in [6.45, 7) is 4.52. The lowest BCUT2D eigenvalue weighted by Crippen LogP contribution is -2.31. The molecule has 25 heavy (non-hydrogen) atoms. The van der Waals surface area contributed by atoms with Crippen molar-refractivity contribution in [1.82, 2.24) is 4.90 Å². The van der Waals surface area contributed by atoms with Crippen molar-refractivity contribution in [2.45, 2.75) is 13.8 Å². The van der Waals surface area contributed by atoms with Gasteiger partial charge in [0, 0.05) is 18.0 Å². The zero-order valence-corrected chi connectivity index (χ0v) is 14.5. The molecule has 0 bridgehead atoms. The maximum atomic E-state index is 13.4. The molecule has 0 spiro atoms. The zero-order chi connectivity index (χ0) is 18.0. The molecule has 130 valence electrons. The first-order valence-corrected chi connectivity index (χ1v) is 8.10. The minimum atomic E-state index is -0.351. The summed E-state index contributed by atoms with van der Waals surface area (Å²) >= 11 is 0. The van der Waals surface area contributed by atoms with Crippen molar-refractivity contribution in [3.63, 3.8) is 0 Å². The Balaban J connectivity index is 1.68. The van der Waals surface area contributed by atoms with Crippen LogP contribution in [0.3, 0.4) is 0 Å². The number of hydrogen-bond acceptors (Lipinski definition) is 3. The van der Waals surface area contributed by atoms with Crippen LogP contribution in [0.15, 0.2) is 46.9 Å². The van der Waals surface area contributed by atoms with Crippen molar-refractivity contribution >= 4 is 16.9 Å². The summed E-state index contributed by atoms with van der Waals surface area (Å²) in [6.07, 6.45) is 0. The summed E-state index contributed by atoms with van der Waals surface area (Å²) in [5.74, 6) is 0.440. The highest BCUT2D eigenvalue weighted by atomic mass is 19.1. The van der Waals surface area contributed by atoms with Gasteiger partial charge in [0.25, 0.3) is 5.91 Å². The van der Waals surface area contributed by atoms with Crippen molar-refractivity contribution in [3.8, 4) is 5.75 Å². The van der Waals surface area contributed by atoms with Crippen LogP contribution in [0.25, 0.3) is 11.0 Å². The first-order chi connectivity index (χ1) is 12.0. The van der Waals surface area contributed by atoms with Gasteiger partial charge < -0.3 is 14.1 Å². The third-order valence-electron chi connectivity index (χ3n) is 4.22. The largest absolute Gasteiger partial charge is 0.491 e. The van der Waals surface area contributed by atoms with E-state index in [1.165, 1.54) is 18.2 Å². The van der Waals surface area contributed by atoms with Crippen LogP contribution in [0.2, 0.25) is 0 Å². The standard InChI is InChI=1S/C20H20FNO3/c1-13-6-4-5-7-17(13)24-11-10-22(3)20(23)19-14(2)16-12-15(21)8-9-18(16)25-19/h4-9,12H,10-11H2,1-3H3. The number of rotatable bonds is 5. The number of fused-ring (bicyclic) bond motifs is 1. The average molecular weight is 341 g/mol. The van der Waals surface area contributed by atoms with Crippen molar-refractivity contribution in [3.05, 3.63) is 65.2 Å². The van der Waals surface area contributed by atoms with E-state index in [2.05, 4.69) is 0 Å². The van der Waals surface area contributed by atoms with E-state index in [4.69, 9.17) is 9.15 Å². The van der Waals surface area contributed by atoms with Crippen LogP contribution in [-0.2, 0) is 0 Å². The SMILES string of the molecule is Cc1ccccc1OCCN(C)C(=O)c1oc2ccc(F)cc2c1C. The minimum absolute atomic E-state index is 0.235. The van der Waals surface area contributed by atoms with Crippen LogP contribution >= 0.6 is 0 Å². The number of para-hydroxylation sites is 1. The smallest absolute Gasteiger partial charge is 0.289 e. The first kappa shape index (κ1) is 17.0. The van der Waals surface area contributed by atoms with Crippen LogP contribution in [0, 0.1) is 19.7 Å². The second-order valence-corrected chi connectivity index (χ2v) is 6.04. The molecular weight excluding hydrogens is 321 g/mol. The molecule has 0 fully saturated rings. The van der Waals surface area contributed by atoms with Crippen molar-refractivity contribution in [1.29, 1.82) is 0 Å². The van der Waals surface area contributed by atoms with Crippen LogP contribution < -0.4 is 4.74 Å². The van der Waals surface area contributed by atoms with E-state index < -0.39 is 0 Å². The Morgan fingerprint density at radius 1 is 1.20 bits per heavy atom. The molecule has 3 aromatic rings. The Hall–Kier alpha value is -2.82. The van der Waals surface area contributed by atoms with Gasteiger partial charge in [-0.1, -0.05) is 18.2 Å². The van der Waals surface area contributed by atoms with Crippen LogP contribution in [0.4, 0.5) is 4.39 Å². The predicted molar refractivity (Wildman–Crippen MR) is 94.5 cm³/mol. The highest BCUT2D eigenvalue weighted by molar-refractivity contribution is 5.98. The molecule has 0 aliphatic rings. The molecule has 0 radical (unpaired) electrons. The number of carbonyl (C=O) groups is 1. The number of furan rings is 1. The second kappa shape index (κ2) is 6.97. The van der Waals surface area contributed by atoms with Gasteiger partial charge in [0.2, 0.25) is 0 Å². The van der Waals surface area contributed by atoms with Gasteiger partial charge in [-0.15, -0.1) is 0 Å². The molecule has 2 aromatic carbocycles. The number of hydrogen-bond donors (Lipinski definition) is 0. The molecule has 1 aromatic heterocycles. The lowest BCUT2D eigenvalue weighted by molar-refractivity contribution is 0.0743. The monoisotopic (exact) mass is 341 g/mol. The van der Waals surface area contributed by atoms with E-state index in [9.17, 15) is 9.18 Å². The third-order valence-corrected chi connectivity index (χ3v) is 4.22. The van der Waals surface area contributed by atoms with E-state index in [1.54, 1.807) is 18.9 Å². The van der Waals surface area contributed by atoms with E-state index in [1.807, 2.05) is 31.2 Å². The minimum Gasteiger partial charge on any atom is -0.491 e. The number of amides is 1. The normalized spacial score (nSPS) is 10.9. The van der Waals surface area contributed by atoms with Crippen molar-refractivity contribution in [2.75, 3.05) is 20.2 Å². The van der Waals surface area contributed by atoms with Crippen LogP contribution in [0.5, 0.6) is 5.75 Å². The topological polar surface area (TPSA) is 42.7 Å². The highest BCUT2D eigenvalue weighted by Crippen LogP contribution is 2.26. The Morgan fingerprint density at radius 2 is 1.96 bits per heavy atom. The molecule has 0 unspecified atom stereocenters. The lowest BCUT2D eigenvalue weighted by Gasteiger charge is -2.17. The van der Waals surface area contributed by atoms with E-state index in [-0.39, 0.29) is 17.5 Å². The maximum absolute atomic E-state index is 13.4. The van der Waals surface area contributed by atoms with Gasteiger partial charge in [-0.25, -0.2) is 4.39 Å². The molecule has 5 heteroatoms. The quantitative estimate of drug-likeness (QED) is 0.693. The Bertz CT molecular complexity index is 916. The molecule has 0 aliphatic heterocycles. The van der Waals surface area contributed by atoms with Crippen molar-refractivity contribution < 1.29 is 18.3 Å². The number of aryl methyl sites for hydroxylation is 2. The number of ether oxygens (including phenoxy) is 1. The summed E-state index contributed by atoms with van der Waals surface area (Å²) in [6, 6.07) is 12.0. The summed E-state index contributed by atoms with van der Waals surface area (Å²) in [5.41, 5.74) is 2.20. The van der Waals surface area contributed by atoms with Gasteiger partial charge in [-0.3, -0.25) is 4.79 Å². The molecule has 1 heterocycles. The summed E-state index contributed by atoms with van der Waals surface area (Å²) < 4.78 is 24.7. The number of nitrogens with zero attached hydrogens (tertiary/aromatic N) is 1. The molecule has 1 amide bonds. The molecule has 4 nitrogen and oxygen atoms in total. The molecule has 0 N–H and O–H groups in total. The van der Waals surface area contributed by atoms with Gasteiger partial charge in [-0.05, 0) is 43.7 Å². The number of carbonyl (C=O) groups excluding carboxylic acids is 1.